The summed E-state index contributed by atoms with van der Waals surface area (Å²) in [6, 6.07) is 18.2. The van der Waals surface area contributed by atoms with Gasteiger partial charge in [-0.05, 0) is 60.3 Å². The molecule has 0 amide bonds. The highest BCUT2D eigenvalue weighted by Crippen LogP contribution is 2.67. The van der Waals surface area contributed by atoms with Crippen LogP contribution in [-0.4, -0.2) is 24.1 Å². The fourth-order valence-corrected chi connectivity index (χ4v) is 7.43. The molecule has 2 aromatic carbocycles. The van der Waals surface area contributed by atoms with Crippen molar-refractivity contribution in [2.24, 2.45) is 34.5 Å². The summed E-state index contributed by atoms with van der Waals surface area (Å²) in [5, 5.41) is 0. The highest BCUT2D eigenvalue weighted by Gasteiger charge is 2.67. The van der Waals surface area contributed by atoms with Crippen LogP contribution in [0.2, 0.25) is 0 Å². The van der Waals surface area contributed by atoms with Gasteiger partial charge in [0.2, 0.25) is 0 Å². The zero-order valence-corrected chi connectivity index (χ0v) is 21.3. The number of carbonyl (C=O) groups excluding carboxylic acids is 2. The van der Waals surface area contributed by atoms with Crippen molar-refractivity contribution in [3.05, 3.63) is 71.8 Å². The van der Waals surface area contributed by atoms with Gasteiger partial charge < -0.3 is 9.47 Å². The lowest BCUT2D eigenvalue weighted by Crippen LogP contribution is -2.69. The molecule has 182 valence electrons. The zero-order chi connectivity index (χ0) is 24.7. The van der Waals surface area contributed by atoms with Gasteiger partial charge in [-0.2, -0.15) is 0 Å². The van der Waals surface area contributed by atoms with Gasteiger partial charge in [0.1, 0.15) is 12.2 Å². The van der Waals surface area contributed by atoms with Crippen LogP contribution in [0.3, 0.4) is 0 Å². The fourth-order valence-electron chi connectivity index (χ4n) is 7.43. The van der Waals surface area contributed by atoms with E-state index in [1.807, 2.05) is 36.4 Å². The maximum atomic E-state index is 13.3. The summed E-state index contributed by atoms with van der Waals surface area (Å²) >= 11 is 0. The van der Waals surface area contributed by atoms with E-state index in [0.717, 1.165) is 12.8 Å². The van der Waals surface area contributed by atoms with E-state index in [0.29, 0.717) is 28.9 Å². The molecule has 0 aromatic heterocycles. The molecule has 3 aliphatic rings. The van der Waals surface area contributed by atoms with Gasteiger partial charge in [-0.25, -0.2) is 9.59 Å². The minimum atomic E-state index is -0.493. The molecule has 3 aliphatic carbocycles. The average Bonchev–Trinajstić information content (AvgIpc) is 2.81. The second-order valence-corrected chi connectivity index (χ2v) is 11.4. The van der Waals surface area contributed by atoms with E-state index in [-0.39, 0.29) is 28.7 Å². The minimum Gasteiger partial charge on any atom is -0.454 e. The van der Waals surface area contributed by atoms with Gasteiger partial charge in [-0.1, -0.05) is 77.9 Å². The van der Waals surface area contributed by atoms with Crippen molar-refractivity contribution in [3.8, 4) is 0 Å². The van der Waals surface area contributed by atoms with Crippen LogP contribution in [0, 0.1) is 34.5 Å². The summed E-state index contributed by atoms with van der Waals surface area (Å²) in [5.41, 5.74) is 0.751. The highest BCUT2D eigenvalue weighted by molar-refractivity contribution is 5.90. The Morgan fingerprint density at radius 2 is 1.29 bits per heavy atom. The van der Waals surface area contributed by atoms with Crippen molar-refractivity contribution in [1.29, 1.82) is 0 Å². The number of esters is 2. The Morgan fingerprint density at radius 3 is 1.76 bits per heavy atom. The van der Waals surface area contributed by atoms with Crippen LogP contribution in [0.1, 0.15) is 75.1 Å². The van der Waals surface area contributed by atoms with E-state index >= 15 is 0 Å². The van der Waals surface area contributed by atoms with E-state index in [2.05, 4.69) is 41.5 Å². The fraction of sp³-hybridized carbons (Fsp3) is 0.533. The number of hydrogen-bond acceptors (Lipinski definition) is 4. The van der Waals surface area contributed by atoms with E-state index in [9.17, 15) is 9.59 Å². The second kappa shape index (κ2) is 9.20. The highest BCUT2D eigenvalue weighted by atomic mass is 16.6. The number of ether oxygens (including phenoxy) is 2. The lowest BCUT2D eigenvalue weighted by Gasteiger charge is -2.67. The smallest absolute Gasteiger partial charge is 0.338 e. The number of rotatable bonds is 6. The molecule has 0 aliphatic heterocycles. The van der Waals surface area contributed by atoms with E-state index in [1.54, 1.807) is 24.3 Å². The molecule has 0 N–H and O–H groups in total. The molecule has 0 radical (unpaired) electrons. The Kier molecular flexibility index (Phi) is 6.63. The summed E-state index contributed by atoms with van der Waals surface area (Å²) in [6.07, 6.45) is 0.925. The first-order valence-electron chi connectivity index (χ1n) is 12.6. The Labute approximate surface area is 204 Å². The lowest BCUT2D eigenvalue weighted by molar-refractivity contribution is -0.249. The average molecular weight is 463 g/mol. The first-order chi connectivity index (χ1) is 16.1. The molecule has 0 saturated heterocycles. The van der Waals surface area contributed by atoms with Crippen LogP contribution >= 0.6 is 0 Å². The summed E-state index contributed by atoms with van der Waals surface area (Å²) in [4.78, 5) is 26.5. The topological polar surface area (TPSA) is 52.6 Å². The third-order valence-corrected chi connectivity index (χ3v) is 8.72. The van der Waals surface area contributed by atoms with Crippen LogP contribution in [-0.2, 0) is 9.47 Å². The summed E-state index contributed by atoms with van der Waals surface area (Å²) in [7, 11) is 0. The first kappa shape index (κ1) is 24.5. The van der Waals surface area contributed by atoms with E-state index in [1.165, 1.54) is 0 Å². The third-order valence-electron chi connectivity index (χ3n) is 8.72. The minimum absolute atomic E-state index is 0.0102. The molecule has 3 fully saturated rings. The molecule has 4 heteroatoms. The molecule has 2 aromatic rings. The van der Waals surface area contributed by atoms with Crippen molar-refractivity contribution >= 4 is 11.9 Å². The van der Waals surface area contributed by atoms with Crippen LogP contribution in [0.5, 0.6) is 0 Å². The second-order valence-electron chi connectivity index (χ2n) is 11.4. The predicted molar refractivity (Wildman–Crippen MR) is 133 cm³/mol. The van der Waals surface area contributed by atoms with Crippen LogP contribution in [0.15, 0.2) is 60.7 Å². The molecule has 2 bridgehead atoms. The maximum Gasteiger partial charge on any atom is 0.338 e. The van der Waals surface area contributed by atoms with Gasteiger partial charge in [0, 0.05) is 11.3 Å². The molecule has 0 heterocycles. The number of carbonyl (C=O) groups is 2. The maximum absolute atomic E-state index is 13.3. The monoisotopic (exact) mass is 462 g/mol. The molecule has 3 saturated carbocycles. The van der Waals surface area contributed by atoms with E-state index in [4.69, 9.17) is 9.47 Å². The van der Waals surface area contributed by atoms with Crippen LogP contribution in [0.4, 0.5) is 0 Å². The Morgan fingerprint density at radius 1 is 0.824 bits per heavy atom. The van der Waals surface area contributed by atoms with Gasteiger partial charge >= 0.3 is 11.9 Å². The van der Waals surface area contributed by atoms with Crippen molar-refractivity contribution in [1.82, 2.24) is 0 Å². The number of benzene rings is 2. The third kappa shape index (κ3) is 4.06. The molecular formula is C30H38O4. The molecule has 34 heavy (non-hydrogen) atoms. The van der Waals surface area contributed by atoms with Crippen LogP contribution < -0.4 is 0 Å². The first-order valence-corrected chi connectivity index (χ1v) is 12.6. The van der Waals surface area contributed by atoms with Crippen LogP contribution in [0.25, 0.3) is 0 Å². The molecule has 0 spiro atoms. The summed E-state index contributed by atoms with van der Waals surface area (Å²) < 4.78 is 12.6. The van der Waals surface area contributed by atoms with Crippen molar-refractivity contribution in [2.45, 2.75) is 66.6 Å². The largest absolute Gasteiger partial charge is 0.454 e. The van der Waals surface area contributed by atoms with Gasteiger partial charge in [-0.3, -0.25) is 0 Å². The summed E-state index contributed by atoms with van der Waals surface area (Å²) in [5.74, 6) is 0.564. The lowest BCUT2D eigenvalue weighted by atomic mass is 9.40. The SMILES string of the molecule is CC1CC2(C)CC(C(C)C)(C(C)C)C1C(OC(=O)c1ccccc1)C2OC(=O)c1ccccc1. The quantitative estimate of drug-likeness (QED) is 0.443. The number of hydrogen-bond donors (Lipinski definition) is 0. The van der Waals surface area contributed by atoms with Gasteiger partial charge in [0.05, 0.1) is 11.1 Å². The van der Waals surface area contributed by atoms with Crippen molar-refractivity contribution in [3.63, 3.8) is 0 Å². The van der Waals surface area contributed by atoms with Gasteiger partial charge in [0.15, 0.2) is 0 Å². The number of fused-ring (bicyclic) bond motifs is 3. The predicted octanol–water partition coefficient (Wildman–Crippen LogP) is 6.80. The molecule has 4 nitrogen and oxygen atoms in total. The molecule has 5 atom stereocenters. The Hall–Kier alpha value is -2.62. The Balaban J connectivity index is 1.76. The Bertz CT molecular complexity index is 1000. The molecule has 5 rings (SSSR count). The summed E-state index contributed by atoms with van der Waals surface area (Å²) in [6.45, 7) is 13.7. The normalized spacial score (nSPS) is 29.8. The standard InChI is InChI=1S/C30H38O4/c1-19(2)30(20(3)4)18-29(6)17-21(5)24(30)25(33-27(31)22-13-9-7-10-14-22)26(29)34-28(32)23-15-11-8-12-16-23/h7-16,19-21,24-26H,17-18H2,1-6H3. The zero-order valence-electron chi connectivity index (χ0n) is 21.3. The van der Waals surface area contributed by atoms with Crippen molar-refractivity contribution in [2.75, 3.05) is 0 Å². The van der Waals surface area contributed by atoms with Gasteiger partial charge in [-0.15, -0.1) is 0 Å². The van der Waals surface area contributed by atoms with E-state index < -0.39 is 12.2 Å². The van der Waals surface area contributed by atoms with Gasteiger partial charge in [0.25, 0.3) is 0 Å². The van der Waals surface area contributed by atoms with Crippen molar-refractivity contribution < 1.29 is 19.1 Å². The molecule has 5 unspecified atom stereocenters. The molecular weight excluding hydrogens is 424 g/mol.